The lowest BCUT2D eigenvalue weighted by molar-refractivity contribution is 0.323. The summed E-state index contributed by atoms with van der Waals surface area (Å²) in [5.41, 5.74) is 11.4. The highest BCUT2D eigenvalue weighted by Gasteiger charge is 2.28. The van der Waals surface area contributed by atoms with E-state index in [-0.39, 0.29) is 0 Å². The molecule has 4 aromatic rings. The SMILES string of the molecule is Cc1cc(C)c(CP(=O)(OCCc2cccc3c2Cc2ccccc2-3)c2ccccc2)c(C)c1. The van der Waals surface area contributed by atoms with Crippen molar-refractivity contribution in [2.75, 3.05) is 6.61 Å². The predicted molar refractivity (Wildman–Crippen MR) is 142 cm³/mol. The molecule has 1 aliphatic carbocycles. The zero-order valence-corrected chi connectivity index (χ0v) is 21.1. The first kappa shape index (κ1) is 22.8. The minimum atomic E-state index is -3.08. The summed E-state index contributed by atoms with van der Waals surface area (Å²) >= 11 is 0. The molecular weight excluding hydrogens is 435 g/mol. The molecule has 0 aliphatic heterocycles. The highest BCUT2D eigenvalue weighted by atomic mass is 31.2. The fourth-order valence-electron chi connectivity index (χ4n) is 5.29. The second-order valence-electron chi connectivity index (χ2n) is 9.40. The average Bonchev–Trinajstić information content (AvgIpc) is 3.22. The fourth-order valence-corrected chi connectivity index (χ4v) is 7.65. The van der Waals surface area contributed by atoms with Crippen LogP contribution in [0.3, 0.4) is 0 Å². The van der Waals surface area contributed by atoms with Crippen molar-refractivity contribution in [1.29, 1.82) is 0 Å². The zero-order valence-electron chi connectivity index (χ0n) is 20.2. The van der Waals surface area contributed by atoms with Crippen molar-refractivity contribution in [3.8, 4) is 11.1 Å². The Morgan fingerprint density at radius 1 is 0.794 bits per heavy atom. The second kappa shape index (κ2) is 9.37. The maximum Gasteiger partial charge on any atom is 0.236 e. The van der Waals surface area contributed by atoms with E-state index in [1.807, 2.05) is 30.3 Å². The molecular formula is C31H31O2P. The summed E-state index contributed by atoms with van der Waals surface area (Å²) in [5, 5.41) is 0.792. The molecule has 0 aromatic heterocycles. The quantitative estimate of drug-likeness (QED) is 0.232. The minimum absolute atomic E-state index is 0.424. The van der Waals surface area contributed by atoms with Gasteiger partial charge in [-0.3, -0.25) is 4.57 Å². The summed E-state index contributed by atoms with van der Waals surface area (Å²) in [6.07, 6.45) is 2.13. The molecule has 0 radical (unpaired) electrons. The van der Waals surface area contributed by atoms with Gasteiger partial charge in [0.25, 0.3) is 0 Å². The number of rotatable bonds is 7. The smallest absolute Gasteiger partial charge is 0.236 e. The molecule has 34 heavy (non-hydrogen) atoms. The van der Waals surface area contributed by atoms with Crippen LogP contribution in [-0.4, -0.2) is 6.61 Å². The van der Waals surface area contributed by atoms with E-state index < -0.39 is 7.37 Å². The van der Waals surface area contributed by atoms with Gasteiger partial charge in [0.15, 0.2) is 0 Å². The molecule has 4 aromatic carbocycles. The molecule has 0 spiro atoms. The Bertz CT molecular complexity index is 1360. The molecule has 0 saturated heterocycles. The molecule has 3 heteroatoms. The predicted octanol–water partition coefficient (Wildman–Crippen LogP) is 7.55. The lowest BCUT2D eigenvalue weighted by Gasteiger charge is -2.22. The average molecular weight is 467 g/mol. The lowest BCUT2D eigenvalue weighted by atomic mass is 9.99. The van der Waals surface area contributed by atoms with Crippen molar-refractivity contribution in [2.45, 2.75) is 39.8 Å². The summed E-state index contributed by atoms with van der Waals surface area (Å²) in [6.45, 7) is 6.75. The van der Waals surface area contributed by atoms with Crippen molar-refractivity contribution in [1.82, 2.24) is 0 Å². The molecule has 5 rings (SSSR count). The zero-order chi connectivity index (χ0) is 23.7. The Morgan fingerprint density at radius 2 is 1.47 bits per heavy atom. The van der Waals surface area contributed by atoms with Crippen LogP contribution < -0.4 is 5.30 Å². The van der Waals surface area contributed by atoms with Crippen LogP contribution in [0, 0.1) is 20.8 Å². The Morgan fingerprint density at radius 3 is 2.24 bits per heavy atom. The summed E-state index contributed by atoms with van der Waals surface area (Å²) in [6, 6.07) is 29.2. The highest BCUT2D eigenvalue weighted by Crippen LogP contribution is 2.50. The Hall–Kier alpha value is -2.93. The lowest BCUT2D eigenvalue weighted by Crippen LogP contribution is -2.12. The van der Waals surface area contributed by atoms with E-state index >= 15 is 0 Å². The van der Waals surface area contributed by atoms with E-state index in [1.165, 1.54) is 44.5 Å². The minimum Gasteiger partial charge on any atom is -0.325 e. The molecule has 0 saturated carbocycles. The van der Waals surface area contributed by atoms with Crippen molar-refractivity contribution < 1.29 is 9.09 Å². The number of hydrogen-bond acceptors (Lipinski definition) is 2. The summed E-state index contributed by atoms with van der Waals surface area (Å²) in [4.78, 5) is 0. The third kappa shape index (κ3) is 4.41. The summed E-state index contributed by atoms with van der Waals surface area (Å²) in [5.74, 6) is 0. The van der Waals surface area contributed by atoms with Crippen molar-refractivity contribution in [3.05, 3.63) is 124 Å². The number of benzene rings is 4. The van der Waals surface area contributed by atoms with Gasteiger partial charge in [0.1, 0.15) is 0 Å². The molecule has 0 N–H and O–H groups in total. The highest BCUT2D eigenvalue weighted by molar-refractivity contribution is 7.66. The van der Waals surface area contributed by atoms with Gasteiger partial charge in [-0.15, -0.1) is 0 Å². The maximum absolute atomic E-state index is 14.4. The van der Waals surface area contributed by atoms with Gasteiger partial charge in [-0.1, -0.05) is 78.4 Å². The Balaban J connectivity index is 1.40. The molecule has 0 heterocycles. The Kier molecular flexibility index (Phi) is 6.30. The third-order valence-electron chi connectivity index (χ3n) is 6.98. The van der Waals surface area contributed by atoms with Gasteiger partial charge in [0.05, 0.1) is 12.8 Å². The molecule has 0 amide bonds. The molecule has 1 aliphatic rings. The van der Waals surface area contributed by atoms with Crippen LogP contribution >= 0.6 is 7.37 Å². The van der Waals surface area contributed by atoms with E-state index in [0.717, 1.165) is 23.7 Å². The van der Waals surface area contributed by atoms with Crippen LogP contribution in [0.4, 0.5) is 0 Å². The Labute approximate surface area is 203 Å². The van der Waals surface area contributed by atoms with Crippen molar-refractivity contribution in [2.24, 2.45) is 0 Å². The maximum atomic E-state index is 14.4. The third-order valence-corrected chi connectivity index (χ3v) is 9.39. The van der Waals surface area contributed by atoms with Gasteiger partial charge in [0, 0.05) is 5.30 Å². The number of aryl methyl sites for hydroxylation is 3. The van der Waals surface area contributed by atoms with Crippen LogP contribution in [0.2, 0.25) is 0 Å². The standard InChI is InChI=1S/C31H31O2P/c1-22-18-23(2)31(24(3)19-22)21-34(32,27-12-5-4-6-13-27)33-17-16-25-11-9-15-29-28-14-8-7-10-26(28)20-30(25)29/h4-15,18-19H,16-17,20-21H2,1-3H3. The summed E-state index contributed by atoms with van der Waals surface area (Å²) in [7, 11) is -3.08. The van der Waals surface area contributed by atoms with Gasteiger partial charge in [-0.05, 0) is 90.3 Å². The van der Waals surface area contributed by atoms with Crippen LogP contribution in [0.25, 0.3) is 11.1 Å². The fraction of sp³-hybridized carbons (Fsp3) is 0.226. The molecule has 2 nitrogen and oxygen atoms in total. The normalized spacial score (nSPS) is 13.9. The largest absolute Gasteiger partial charge is 0.325 e. The van der Waals surface area contributed by atoms with Crippen molar-refractivity contribution >= 4 is 12.7 Å². The van der Waals surface area contributed by atoms with Gasteiger partial charge >= 0.3 is 0 Å². The first-order chi connectivity index (χ1) is 16.4. The first-order valence-electron chi connectivity index (χ1n) is 12.0. The first-order valence-corrected chi connectivity index (χ1v) is 13.8. The molecule has 1 atom stereocenters. The van der Waals surface area contributed by atoms with E-state index in [1.54, 1.807) is 0 Å². The van der Waals surface area contributed by atoms with Crippen molar-refractivity contribution in [3.63, 3.8) is 0 Å². The van der Waals surface area contributed by atoms with Crippen LogP contribution in [0.15, 0.2) is 84.9 Å². The van der Waals surface area contributed by atoms with E-state index in [9.17, 15) is 4.57 Å². The molecule has 0 fully saturated rings. The summed E-state index contributed by atoms with van der Waals surface area (Å²) < 4.78 is 20.7. The van der Waals surface area contributed by atoms with E-state index in [4.69, 9.17) is 4.52 Å². The van der Waals surface area contributed by atoms with Crippen LogP contribution in [-0.2, 0) is 28.1 Å². The van der Waals surface area contributed by atoms with Crippen LogP contribution in [0.1, 0.15) is 38.9 Å². The second-order valence-corrected chi connectivity index (χ2v) is 11.8. The van der Waals surface area contributed by atoms with E-state index in [2.05, 4.69) is 75.4 Å². The molecule has 172 valence electrons. The molecule has 0 bridgehead atoms. The topological polar surface area (TPSA) is 26.3 Å². The number of hydrogen-bond donors (Lipinski definition) is 0. The van der Waals surface area contributed by atoms with E-state index in [0.29, 0.717) is 12.8 Å². The van der Waals surface area contributed by atoms with Crippen LogP contribution in [0.5, 0.6) is 0 Å². The van der Waals surface area contributed by atoms with Gasteiger partial charge in [-0.25, -0.2) is 0 Å². The van der Waals surface area contributed by atoms with Gasteiger partial charge < -0.3 is 4.52 Å². The van der Waals surface area contributed by atoms with Gasteiger partial charge in [0.2, 0.25) is 7.37 Å². The number of fused-ring (bicyclic) bond motifs is 3. The molecule has 1 unspecified atom stereocenters. The van der Waals surface area contributed by atoms with Gasteiger partial charge in [-0.2, -0.15) is 0 Å². The monoisotopic (exact) mass is 466 g/mol.